The molecule has 2 heterocycles. The maximum absolute atomic E-state index is 12.5. The van der Waals surface area contributed by atoms with E-state index in [1.54, 1.807) is 11.3 Å². The molecule has 2 N–H and O–H groups in total. The minimum absolute atomic E-state index is 0. The van der Waals surface area contributed by atoms with Crippen LogP contribution in [0.4, 0.5) is 5.13 Å². The van der Waals surface area contributed by atoms with Crippen molar-refractivity contribution in [2.75, 3.05) is 18.5 Å². The number of rotatable bonds is 3. The summed E-state index contributed by atoms with van der Waals surface area (Å²) in [5.41, 5.74) is 2.54. The standard InChI is InChI=1S/C19H23N3O2S.ClH/c1-12-17(20-9-10-24-12)18(23)22-19-21-15-8-7-14(11-16(15)25-19)13-5-3-2-4-6-13;/h2-6,12,14,17,20H,7-11H2,1H3,(H,21,22,23);1H/t12-,14?,17+;/m1./s1. The van der Waals surface area contributed by atoms with Gasteiger partial charge in [-0.2, -0.15) is 0 Å². The second-order valence-corrected chi connectivity index (χ2v) is 7.82. The summed E-state index contributed by atoms with van der Waals surface area (Å²) in [4.78, 5) is 18.4. The number of aromatic nitrogens is 1. The molecule has 0 bridgehead atoms. The van der Waals surface area contributed by atoms with Gasteiger partial charge < -0.3 is 15.4 Å². The molecule has 2 aliphatic rings. The van der Waals surface area contributed by atoms with Crippen molar-refractivity contribution in [1.82, 2.24) is 10.3 Å². The van der Waals surface area contributed by atoms with Crippen LogP contribution in [0.25, 0.3) is 0 Å². The Labute approximate surface area is 164 Å². The second kappa shape index (κ2) is 8.48. The molecule has 0 radical (unpaired) electrons. The first kappa shape index (κ1) is 19.3. The van der Waals surface area contributed by atoms with E-state index in [-0.39, 0.29) is 30.5 Å². The van der Waals surface area contributed by atoms with Gasteiger partial charge in [0.2, 0.25) is 5.91 Å². The second-order valence-electron chi connectivity index (χ2n) is 6.74. The summed E-state index contributed by atoms with van der Waals surface area (Å²) in [6.07, 6.45) is 2.98. The highest BCUT2D eigenvalue weighted by molar-refractivity contribution is 7.15. The van der Waals surface area contributed by atoms with Gasteiger partial charge >= 0.3 is 0 Å². The lowest BCUT2D eigenvalue weighted by Gasteiger charge is -2.28. The van der Waals surface area contributed by atoms with Crippen LogP contribution in [0.3, 0.4) is 0 Å². The number of anilines is 1. The highest BCUT2D eigenvalue weighted by Gasteiger charge is 2.30. The number of aryl methyl sites for hydroxylation is 1. The SMILES string of the molecule is C[C@H]1OCCN[C@@H]1C(=O)Nc1nc2c(s1)CC(c1ccccc1)CC2.Cl. The first-order valence-electron chi connectivity index (χ1n) is 8.90. The Bertz CT molecular complexity index is 752. The molecule has 4 rings (SSSR count). The van der Waals surface area contributed by atoms with Gasteiger partial charge in [-0.15, -0.1) is 23.7 Å². The molecule has 1 aliphatic carbocycles. The summed E-state index contributed by atoms with van der Waals surface area (Å²) in [5, 5.41) is 6.91. The number of benzene rings is 1. The van der Waals surface area contributed by atoms with Crippen molar-refractivity contribution in [3.63, 3.8) is 0 Å². The lowest BCUT2D eigenvalue weighted by atomic mass is 9.85. The van der Waals surface area contributed by atoms with Gasteiger partial charge in [-0.05, 0) is 37.7 Å². The number of amides is 1. The van der Waals surface area contributed by atoms with Crippen LogP contribution in [0.2, 0.25) is 0 Å². The Hall–Kier alpha value is -1.47. The number of halogens is 1. The van der Waals surface area contributed by atoms with Crippen LogP contribution in [0.5, 0.6) is 0 Å². The van der Waals surface area contributed by atoms with Gasteiger partial charge in [0.1, 0.15) is 6.04 Å². The predicted molar refractivity (Wildman–Crippen MR) is 106 cm³/mol. The van der Waals surface area contributed by atoms with Crippen LogP contribution in [-0.4, -0.2) is 36.2 Å². The quantitative estimate of drug-likeness (QED) is 0.840. The van der Waals surface area contributed by atoms with Gasteiger partial charge in [0.15, 0.2) is 5.13 Å². The minimum atomic E-state index is -0.313. The molecule has 5 nitrogen and oxygen atoms in total. The molecule has 7 heteroatoms. The molecule has 0 spiro atoms. The van der Waals surface area contributed by atoms with E-state index in [0.717, 1.165) is 25.0 Å². The summed E-state index contributed by atoms with van der Waals surface area (Å²) >= 11 is 1.62. The summed E-state index contributed by atoms with van der Waals surface area (Å²) in [7, 11) is 0. The van der Waals surface area contributed by atoms with E-state index in [0.29, 0.717) is 24.2 Å². The van der Waals surface area contributed by atoms with Crippen LogP contribution in [0, 0.1) is 0 Å². The van der Waals surface area contributed by atoms with Crippen LogP contribution in [0.15, 0.2) is 30.3 Å². The number of hydrogen-bond donors (Lipinski definition) is 2. The lowest BCUT2D eigenvalue weighted by Crippen LogP contribution is -2.53. The first-order valence-corrected chi connectivity index (χ1v) is 9.72. The predicted octanol–water partition coefficient (Wildman–Crippen LogP) is 3.15. The smallest absolute Gasteiger partial charge is 0.245 e. The van der Waals surface area contributed by atoms with Gasteiger partial charge in [0, 0.05) is 11.4 Å². The molecule has 1 amide bonds. The first-order chi connectivity index (χ1) is 12.2. The third kappa shape index (κ3) is 4.09. The molecule has 26 heavy (non-hydrogen) atoms. The van der Waals surface area contributed by atoms with Crippen LogP contribution >= 0.6 is 23.7 Å². The number of thiazole rings is 1. The molecular weight excluding hydrogens is 370 g/mol. The molecule has 2 aromatic rings. The Kier molecular flexibility index (Phi) is 6.29. The normalized spacial score (nSPS) is 25.0. The van der Waals surface area contributed by atoms with E-state index in [1.807, 2.05) is 6.92 Å². The number of carbonyl (C=O) groups excluding carboxylic acids is 1. The number of nitrogens with zero attached hydrogens (tertiary/aromatic N) is 1. The van der Waals surface area contributed by atoms with E-state index < -0.39 is 0 Å². The Morgan fingerprint density at radius 3 is 2.92 bits per heavy atom. The minimum Gasteiger partial charge on any atom is -0.375 e. The molecule has 1 unspecified atom stereocenters. The van der Waals surface area contributed by atoms with Gasteiger partial charge in [-0.25, -0.2) is 4.98 Å². The Balaban J connectivity index is 0.00000196. The zero-order valence-electron chi connectivity index (χ0n) is 14.7. The molecule has 1 aliphatic heterocycles. The average molecular weight is 394 g/mol. The zero-order chi connectivity index (χ0) is 17.2. The fourth-order valence-corrected chi connectivity index (χ4v) is 4.74. The number of carbonyl (C=O) groups is 1. The van der Waals surface area contributed by atoms with Crippen LogP contribution in [-0.2, 0) is 22.4 Å². The molecular formula is C19H24ClN3O2S. The largest absolute Gasteiger partial charge is 0.375 e. The van der Waals surface area contributed by atoms with Gasteiger partial charge in [-0.1, -0.05) is 30.3 Å². The molecule has 1 fully saturated rings. The van der Waals surface area contributed by atoms with E-state index in [1.165, 1.54) is 10.4 Å². The molecule has 3 atom stereocenters. The number of ether oxygens (including phenoxy) is 1. The number of nitrogens with one attached hydrogen (secondary N) is 2. The Morgan fingerprint density at radius 2 is 2.15 bits per heavy atom. The maximum atomic E-state index is 12.5. The van der Waals surface area contributed by atoms with Crippen molar-refractivity contribution < 1.29 is 9.53 Å². The molecule has 1 aromatic heterocycles. The van der Waals surface area contributed by atoms with Crippen molar-refractivity contribution in [3.8, 4) is 0 Å². The van der Waals surface area contributed by atoms with Gasteiger partial charge in [0.25, 0.3) is 0 Å². The highest BCUT2D eigenvalue weighted by atomic mass is 35.5. The zero-order valence-corrected chi connectivity index (χ0v) is 16.4. The third-order valence-corrected chi connectivity index (χ3v) is 6.08. The van der Waals surface area contributed by atoms with Crippen molar-refractivity contribution >= 4 is 34.8 Å². The van der Waals surface area contributed by atoms with E-state index in [9.17, 15) is 4.79 Å². The van der Waals surface area contributed by atoms with Crippen LogP contribution < -0.4 is 10.6 Å². The monoisotopic (exact) mass is 393 g/mol. The average Bonchev–Trinajstić information content (AvgIpc) is 3.04. The molecule has 1 saturated heterocycles. The van der Waals surface area contributed by atoms with Crippen molar-refractivity contribution in [3.05, 3.63) is 46.5 Å². The van der Waals surface area contributed by atoms with Gasteiger partial charge in [-0.3, -0.25) is 4.79 Å². The fraction of sp³-hybridized carbons (Fsp3) is 0.474. The fourth-order valence-electron chi connectivity index (χ4n) is 3.65. The summed E-state index contributed by atoms with van der Waals surface area (Å²) in [6.45, 7) is 3.28. The summed E-state index contributed by atoms with van der Waals surface area (Å²) < 4.78 is 5.55. The number of fused-ring (bicyclic) bond motifs is 1. The van der Waals surface area contributed by atoms with E-state index in [4.69, 9.17) is 4.74 Å². The lowest BCUT2D eigenvalue weighted by molar-refractivity contribution is -0.123. The molecule has 1 aromatic carbocycles. The molecule has 0 saturated carbocycles. The maximum Gasteiger partial charge on any atom is 0.245 e. The Morgan fingerprint density at radius 1 is 1.35 bits per heavy atom. The third-order valence-electron chi connectivity index (χ3n) is 5.04. The van der Waals surface area contributed by atoms with Crippen LogP contribution in [0.1, 0.15) is 35.4 Å². The number of hydrogen-bond acceptors (Lipinski definition) is 5. The topological polar surface area (TPSA) is 63.2 Å². The van der Waals surface area contributed by atoms with E-state index in [2.05, 4.69) is 45.9 Å². The molecule has 140 valence electrons. The van der Waals surface area contributed by atoms with Crippen molar-refractivity contribution in [2.24, 2.45) is 0 Å². The van der Waals surface area contributed by atoms with Crippen molar-refractivity contribution in [1.29, 1.82) is 0 Å². The van der Waals surface area contributed by atoms with E-state index >= 15 is 0 Å². The summed E-state index contributed by atoms with van der Waals surface area (Å²) in [5.74, 6) is 0.490. The number of morpholine rings is 1. The summed E-state index contributed by atoms with van der Waals surface area (Å²) in [6, 6.07) is 10.4. The van der Waals surface area contributed by atoms with Crippen molar-refractivity contribution in [2.45, 2.75) is 44.2 Å². The highest BCUT2D eigenvalue weighted by Crippen LogP contribution is 2.36. The van der Waals surface area contributed by atoms with Gasteiger partial charge in [0.05, 0.1) is 18.4 Å².